The van der Waals surface area contributed by atoms with E-state index in [1.165, 1.54) is 11.1 Å². The van der Waals surface area contributed by atoms with Gasteiger partial charge in [0.2, 0.25) is 11.1 Å². The van der Waals surface area contributed by atoms with Crippen molar-refractivity contribution in [3.8, 4) is 45.4 Å². The third kappa shape index (κ3) is 10.3. The predicted octanol–water partition coefficient (Wildman–Crippen LogP) is 10.5. The Bertz CT molecular complexity index is 2490. The van der Waals surface area contributed by atoms with Gasteiger partial charge in [0, 0.05) is 82.5 Å². The molecule has 2 aromatic heterocycles. The average molecular weight is 917 g/mol. The Hall–Kier alpha value is -4.84. The molecule has 1 saturated heterocycles. The highest BCUT2D eigenvalue weighted by molar-refractivity contribution is 6.63. The Morgan fingerprint density at radius 2 is 1.23 bits per heavy atom. The van der Waals surface area contributed by atoms with E-state index in [0.29, 0.717) is 43.4 Å². The largest absolute Gasteiger partial charge is 0.492 e. The molecule has 0 bridgehead atoms. The topological polar surface area (TPSA) is 117 Å². The zero-order valence-electron chi connectivity index (χ0n) is 34.8. The molecule has 14 heteroatoms. The minimum absolute atomic E-state index is 0.139. The summed E-state index contributed by atoms with van der Waals surface area (Å²) in [7, 11) is 0. The van der Waals surface area contributed by atoms with E-state index in [9.17, 15) is 9.59 Å². The lowest BCUT2D eigenvalue weighted by Gasteiger charge is -2.24. The molecule has 0 spiro atoms. The summed E-state index contributed by atoms with van der Waals surface area (Å²) in [5.74, 6) is 2.42. The second-order valence-corrected chi connectivity index (χ2v) is 16.9. The van der Waals surface area contributed by atoms with Crippen LogP contribution in [-0.2, 0) is 35.3 Å². The average Bonchev–Trinajstić information content (AvgIpc) is 4.09. The van der Waals surface area contributed by atoms with Crippen molar-refractivity contribution in [3.05, 3.63) is 130 Å². The number of carbonyl (C=O) groups is 2. The van der Waals surface area contributed by atoms with Gasteiger partial charge >= 0.3 is 0 Å². The van der Waals surface area contributed by atoms with Gasteiger partial charge in [0.15, 0.2) is 0 Å². The van der Waals surface area contributed by atoms with Crippen LogP contribution in [0.2, 0.25) is 10.0 Å². The monoisotopic (exact) mass is 914 g/mol. The Labute approximate surface area is 382 Å². The number of carbonyl (C=O) groups excluding carboxylic acids is 2. The molecule has 0 saturated carbocycles. The fourth-order valence-corrected chi connectivity index (χ4v) is 8.84. The molecule has 1 amide bonds. The number of likely N-dealkylation sites (tertiary alicyclic amines) is 1. The third-order valence-corrected chi connectivity index (χ3v) is 12.0. The van der Waals surface area contributed by atoms with Crippen molar-refractivity contribution < 1.29 is 19.1 Å². The van der Waals surface area contributed by atoms with Gasteiger partial charge in [-0.2, -0.15) is 10.2 Å². The molecule has 3 heterocycles. The van der Waals surface area contributed by atoms with E-state index in [1.807, 2.05) is 125 Å². The van der Waals surface area contributed by atoms with Crippen molar-refractivity contribution >= 4 is 57.6 Å². The van der Waals surface area contributed by atoms with E-state index >= 15 is 0 Å². The molecule has 1 fully saturated rings. The molecular weight excluding hydrogens is 866 g/mol. The fourth-order valence-electron chi connectivity index (χ4n) is 8.32. The molecule has 62 heavy (non-hydrogen) atoms. The normalized spacial score (nSPS) is 16.2. The summed E-state index contributed by atoms with van der Waals surface area (Å²) in [6, 6.07) is 32.1. The Balaban J connectivity index is 0.000000164. The molecule has 2 atom stereocenters. The van der Waals surface area contributed by atoms with Crippen LogP contribution < -0.4 is 15.2 Å². The van der Waals surface area contributed by atoms with E-state index in [1.54, 1.807) is 0 Å². The van der Waals surface area contributed by atoms with Crippen molar-refractivity contribution in [1.82, 2.24) is 24.5 Å². The number of para-hydroxylation sites is 4. The molecule has 0 radical (unpaired) electrons. The maximum absolute atomic E-state index is 12.3. The molecule has 2 N–H and O–H groups in total. The van der Waals surface area contributed by atoms with E-state index in [4.69, 9.17) is 71.8 Å². The van der Waals surface area contributed by atoms with Crippen LogP contribution in [0.1, 0.15) is 62.0 Å². The first-order chi connectivity index (χ1) is 30.1. The molecule has 6 aromatic rings. The van der Waals surface area contributed by atoms with E-state index in [2.05, 4.69) is 0 Å². The minimum atomic E-state index is -0.305. The molecule has 9 rings (SSSR count). The fraction of sp³-hybridized carbons (Fsp3) is 0.333. The second-order valence-electron chi connectivity index (χ2n) is 15.3. The molecular formula is C48H50Cl4N6O4. The number of amides is 1. The van der Waals surface area contributed by atoms with Crippen LogP contribution in [0, 0.1) is 0 Å². The maximum Gasteiger partial charge on any atom is 0.222 e. The molecule has 4 aromatic carbocycles. The Kier molecular flexibility index (Phi) is 15.3. The first-order valence-electron chi connectivity index (χ1n) is 21.1. The summed E-state index contributed by atoms with van der Waals surface area (Å²) >= 11 is 22.4. The highest BCUT2D eigenvalue weighted by Crippen LogP contribution is 2.40. The van der Waals surface area contributed by atoms with E-state index in [-0.39, 0.29) is 23.2 Å². The van der Waals surface area contributed by atoms with Gasteiger partial charge in [-0.05, 0) is 99.7 Å². The summed E-state index contributed by atoms with van der Waals surface area (Å²) in [6.07, 6.45) is 5.97. The van der Waals surface area contributed by atoms with E-state index < -0.39 is 0 Å². The first-order valence-corrected chi connectivity index (χ1v) is 22.7. The summed E-state index contributed by atoms with van der Waals surface area (Å²) in [6.45, 7) is 6.03. The van der Waals surface area contributed by atoms with Crippen molar-refractivity contribution in [2.24, 2.45) is 5.73 Å². The number of nitrogens with zero attached hydrogens (tertiary/aromatic N) is 5. The molecule has 2 aliphatic carbocycles. The van der Waals surface area contributed by atoms with Crippen LogP contribution in [0.5, 0.6) is 11.5 Å². The first kappa shape index (κ1) is 45.2. The smallest absolute Gasteiger partial charge is 0.222 e. The van der Waals surface area contributed by atoms with Gasteiger partial charge < -0.3 is 20.1 Å². The summed E-state index contributed by atoms with van der Waals surface area (Å²) in [5, 5.41) is 11.0. The number of alkyl halides is 1. The number of fused-ring (bicyclic) bond motifs is 2. The van der Waals surface area contributed by atoms with Crippen LogP contribution in [-0.4, -0.2) is 73.3 Å². The van der Waals surface area contributed by atoms with Crippen LogP contribution in [0.15, 0.2) is 97.1 Å². The summed E-state index contributed by atoms with van der Waals surface area (Å²) in [4.78, 5) is 24.3. The van der Waals surface area contributed by atoms with Crippen LogP contribution >= 0.6 is 46.4 Å². The molecule has 3 aliphatic rings. The number of rotatable bonds is 12. The number of hydrogen-bond donors (Lipinski definition) is 1. The van der Waals surface area contributed by atoms with Gasteiger partial charge in [-0.15, -0.1) is 11.6 Å². The number of halogens is 4. The lowest BCUT2D eigenvalue weighted by atomic mass is 10.0. The van der Waals surface area contributed by atoms with Gasteiger partial charge in [-0.1, -0.05) is 71.7 Å². The zero-order valence-corrected chi connectivity index (χ0v) is 37.9. The lowest BCUT2D eigenvalue weighted by molar-refractivity contribution is -0.129. The molecule has 2 unspecified atom stereocenters. The van der Waals surface area contributed by atoms with Gasteiger partial charge in [0.1, 0.15) is 22.9 Å². The van der Waals surface area contributed by atoms with Gasteiger partial charge in [-0.25, -0.2) is 9.36 Å². The molecule has 10 nitrogen and oxygen atoms in total. The quantitative estimate of drug-likeness (QED) is 0.0960. The van der Waals surface area contributed by atoms with Gasteiger partial charge in [0.05, 0.1) is 36.0 Å². The maximum atomic E-state index is 12.3. The summed E-state index contributed by atoms with van der Waals surface area (Å²) in [5.41, 5.74) is 16.9. The Morgan fingerprint density at radius 3 is 1.68 bits per heavy atom. The SMILES string of the molecule is CCOc1ccccc1-n1nc2c(c1-c1ccc(Cl)cc1)CC(N)C2.CCOc1ccccc1-n1nc2c(c1-c1ccc(Cl)cc1)CC(N1CCCC1=O)C2.O=C(Cl)CCCCl. The van der Waals surface area contributed by atoms with E-state index in [0.717, 1.165) is 100 Å². The number of nitrogens with two attached hydrogens (primary N) is 1. The number of hydrogen-bond acceptors (Lipinski definition) is 7. The summed E-state index contributed by atoms with van der Waals surface area (Å²) < 4.78 is 15.7. The van der Waals surface area contributed by atoms with Crippen LogP contribution in [0.3, 0.4) is 0 Å². The van der Waals surface area contributed by atoms with Crippen molar-refractivity contribution in [3.63, 3.8) is 0 Å². The van der Waals surface area contributed by atoms with Crippen LogP contribution in [0.4, 0.5) is 0 Å². The van der Waals surface area contributed by atoms with Crippen molar-refractivity contribution in [2.45, 2.75) is 77.3 Å². The Morgan fingerprint density at radius 1 is 0.726 bits per heavy atom. The minimum Gasteiger partial charge on any atom is -0.492 e. The van der Waals surface area contributed by atoms with Crippen LogP contribution in [0.25, 0.3) is 33.9 Å². The second kappa shape index (κ2) is 21.0. The number of aromatic nitrogens is 4. The standard InChI is InChI=1S/C24H24ClN3O2.C20H20ClN3O.C4H6Cl2O/c1-2-30-22-7-4-3-6-21(22)28-24(16-9-11-17(25)12-10-16)19-14-18(15-20(19)26-28)27-13-5-8-23(27)29;1-2-25-19-6-4-3-5-18(19)24-20(13-7-9-14(21)10-8-13)16-11-15(22)12-17(16)23-24;5-3-1-2-4(6)7/h3-4,6-7,9-12,18H,2,5,8,13-15H2,1H3;3-10,15H,2,11-12,22H2,1H3;1-3H2. The molecule has 1 aliphatic heterocycles. The van der Waals surface area contributed by atoms with Crippen molar-refractivity contribution in [2.75, 3.05) is 25.6 Å². The highest BCUT2D eigenvalue weighted by atomic mass is 35.5. The third-order valence-electron chi connectivity index (χ3n) is 11.0. The van der Waals surface area contributed by atoms with Crippen molar-refractivity contribution in [1.29, 1.82) is 0 Å². The van der Waals surface area contributed by atoms with Gasteiger partial charge in [-0.3, -0.25) is 9.59 Å². The lowest BCUT2D eigenvalue weighted by Crippen LogP contribution is -2.37. The molecule has 324 valence electrons. The zero-order chi connectivity index (χ0) is 43.8. The highest BCUT2D eigenvalue weighted by Gasteiger charge is 2.37. The number of benzene rings is 4. The van der Waals surface area contributed by atoms with Gasteiger partial charge in [0.25, 0.3) is 0 Å². The number of ether oxygens (including phenoxy) is 2. The predicted molar refractivity (Wildman–Crippen MR) is 249 cm³/mol.